The van der Waals surface area contributed by atoms with E-state index in [9.17, 15) is 9.59 Å². The summed E-state index contributed by atoms with van der Waals surface area (Å²) >= 11 is 0. The monoisotopic (exact) mass is 325 g/mol. The van der Waals surface area contributed by atoms with Gasteiger partial charge in [-0.05, 0) is 36.6 Å². The number of nitrogens with one attached hydrogen (secondary N) is 1. The molecule has 2 aromatic carbocycles. The van der Waals surface area contributed by atoms with Crippen molar-refractivity contribution in [2.24, 2.45) is 0 Å². The Labute approximate surface area is 142 Å². The van der Waals surface area contributed by atoms with Gasteiger partial charge in [0.15, 0.2) is 0 Å². The Morgan fingerprint density at radius 3 is 2.12 bits per heavy atom. The molecule has 2 aromatic rings. The minimum atomic E-state index is -1.02. The Balaban J connectivity index is 2.16. The lowest BCUT2D eigenvalue weighted by Crippen LogP contribution is -2.52. The second-order valence-corrected chi connectivity index (χ2v) is 5.97. The van der Waals surface area contributed by atoms with Crippen LogP contribution in [0.4, 0.5) is 0 Å². The van der Waals surface area contributed by atoms with Crippen LogP contribution in [0.1, 0.15) is 37.0 Å². The second kappa shape index (κ2) is 7.77. The van der Waals surface area contributed by atoms with E-state index in [0.29, 0.717) is 12.0 Å². The van der Waals surface area contributed by atoms with Crippen LogP contribution in [-0.2, 0) is 9.53 Å². The van der Waals surface area contributed by atoms with Crippen molar-refractivity contribution in [3.05, 3.63) is 60.2 Å². The first-order chi connectivity index (χ1) is 11.5. The maximum Gasteiger partial charge on any atom is 0.331 e. The highest BCUT2D eigenvalue weighted by Crippen LogP contribution is 2.20. The standard InChI is InChI=1S/C20H23NO3/c1-4-14-20(2,19(23)24-3)21-18(22)17-12-10-16(11-13-17)15-8-6-5-7-9-15/h5-13H,4,14H2,1-3H3,(H,21,22). The molecule has 1 amide bonds. The molecule has 0 aliphatic carbocycles. The molecule has 4 nitrogen and oxygen atoms in total. The van der Waals surface area contributed by atoms with Crippen molar-refractivity contribution >= 4 is 11.9 Å². The molecule has 0 radical (unpaired) electrons. The van der Waals surface area contributed by atoms with Crippen molar-refractivity contribution in [1.82, 2.24) is 5.32 Å². The number of carbonyl (C=O) groups is 2. The van der Waals surface area contributed by atoms with Gasteiger partial charge in [0.2, 0.25) is 0 Å². The van der Waals surface area contributed by atoms with Gasteiger partial charge in [0.05, 0.1) is 7.11 Å². The van der Waals surface area contributed by atoms with Gasteiger partial charge in [0, 0.05) is 5.56 Å². The lowest BCUT2D eigenvalue weighted by atomic mass is 9.95. The summed E-state index contributed by atoms with van der Waals surface area (Å²) in [7, 11) is 1.33. The van der Waals surface area contributed by atoms with Crippen LogP contribution in [0.3, 0.4) is 0 Å². The van der Waals surface area contributed by atoms with Crippen molar-refractivity contribution in [3.8, 4) is 11.1 Å². The normalized spacial score (nSPS) is 13.0. The lowest BCUT2D eigenvalue weighted by molar-refractivity contribution is -0.147. The topological polar surface area (TPSA) is 55.4 Å². The third-order valence-electron chi connectivity index (χ3n) is 4.03. The lowest BCUT2D eigenvalue weighted by Gasteiger charge is -2.27. The number of amides is 1. The van der Waals surface area contributed by atoms with Crippen LogP contribution in [0.25, 0.3) is 11.1 Å². The van der Waals surface area contributed by atoms with E-state index >= 15 is 0 Å². The van der Waals surface area contributed by atoms with E-state index in [1.165, 1.54) is 7.11 Å². The summed E-state index contributed by atoms with van der Waals surface area (Å²) in [5.74, 6) is -0.713. The maximum atomic E-state index is 12.5. The largest absolute Gasteiger partial charge is 0.467 e. The number of ether oxygens (including phenoxy) is 1. The Kier molecular flexibility index (Phi) is 5.74. The number of esters is 1. The molecule has 0 bridgehead atoms. The quantitative estimate of drug-likeness (QED) is 0.822. The fourth-order valence-electron chi connectivity index (χ4n) is 2.71. The molecular weight excluding hydrogens is 302 g/mol. The smallest absolute Gasteiger partial charge is 0.331 e. The zero-order valence-electron chi connectivity index (χ0n) is 14.3. The molecule has 1 N–H and O–H groups in total. The van der Waals surface area contributed by atoms with Gasteiger partial charge in [-0.25, -0.2) is 4.79 Å². The van der Waals surface area contributed by atoms with Gasteiger partial charge in [-0.2, -0.15) is 0 Å². The van der Waals surface area contributed by atoms with Gasteiger partial charge in [-0.1, -0.05) is 55.8 Å². The first-order valence-electron chi connectivity index (χ1n) is 8.06. The Morgan fingerprint density at radius 1 is 1.00 bits per heavy atom. The molecule has 1 atom stereocenters. The number of methoxy groups -OCH3 is 1. The molecule has 1 unspecified atom stereocenters. The van der Waals surface area contributed by atoms with Crippen LogP contribution in [0.5, 0.6) is 0 Å². The molecule has 24 heavy (non-hydrogen) atoms. The zero-order chi connectivity index (χ0) is 17.6. The number of carbonyl (C=O) groups excluding carboxylic acids is 2. The number of rotatable bonds is 6. The van der Waals surface area contributed by atoms with Crippen molar-refractivity contribution in [1.29, 1.82) is 0 Å². The highest BCUT2D eigenvalue weighted by Gasteiger charge is 2.35. The van der Waals surface area contributed by atoms with Gasteiger partial charge in [-0.15, -0.1) is 0 Å². The molecule has 0 saturated heterocycles. The molecule has 0 fully saturated rings. The number of benzene rings is 2. The van der Waals surface area contributed by atoms with Crippen molar-refractivity contribution < 1.29 is 14.3 Å². The van der Waals surface area contributed by atoms with E-state index in [4.69, 9.17) is 4.74 Å². The highest BCUT2D eigenvalue weighted by molar-refractivity contribution is 5.98. The SMILES string of the molecule is CCCC(C)(NC(=O)c1ccc(-c2ccccc2)cc1)C(=O)OC. The fraction of sp³-hybridized carbons (Fsp3) is 0.300. The third kappa shape index (κ3) is 4.02. The zero-order valence-corrected chi connectivity index (χ0v) is 14.3. The van der Waals surface area contributed by atoms with Crippen LogP contribution >= 0.6 is 0 Å². The predicted molar refractivity (Wildman–Crippen MR) is 94.7 cm³/mol. The summed E-state index contributed by atoms with van der Waals surface area (Å²) in [4.78, 5) is 24.5. The van der Waals surface area contributed by atoms with E-state index in [-0.39, 0.29) is 5.91 Å². The molecule has 0 aromatic heterocycles. The number of hydrogen-bond acceptors (Lipinski definition) is 3. The van der Waals surface area contributed by atoms with Crippen LogP contribution in [0.15, 0.2) is 54.6 Å². The van der Waals surface area contributed by atoms with E-state index < -0.39 is 11.5 Å². The van der Waals surface area contributed by atoms with E-state index in [1.54, 1.807) is 19.1 Å². The van der Waals surface area contributed by atoms with Crippen molar-refractivity contribution in [2.45, 2.75) is 32.2 Å². The summed E-state index contributed by atoms with van der Waals surface area (Å²) < 4.78 is 4.83. The Hall–Kier alpha value is -2.62. The van der Waals surface area contributed by atoms with Crippen LogP contribution < -0.4 is 5.32 Å². The van der Waals surface area contributed by atoms with Crippen LogP contribution in [-0.4, -0.2) is 24.5 Å². The predicted octanol–water partition coefficient (Wildman–Crippen LogP) is 3.82. The molecule has 0 saturated carbocycles. The van der Waals surface area contributed by atoms with E-state index in [2.05, 4.69) is 5.32 Å². The molecule has 0 aliphatic rings. The molecular formula is C20H23NO3. The Morgan fingerprint density at radius 2 is 1.58 bits per heavy atom. The van der Waals surface area contributed by atoms with Gasteiger partial charge in [-0.3, -0.25) is 4.79 Å². The first kappa shape index (κ1) is 17.7. The van der Waals surface area contributed by atoms with Crippen LogP contribution in [0.2, 0.25) is 0 Å². The van der Waals surface area contributed by atoms with E-state index in [1.807, 2.05) is 49.4 Å². The van der Waals surface area contributed by atoms with Crippen molar-refractivity contribution in [2.75, 3.05) is 7.11 Å². The summed E-state index contributed by atoms with van der Waals surface area (Å²) in [5, 5.41) is 2.81. The molecule has 0 spiro atoms. The van der Waals surface area contributed by atoms with E-state index in [0.717, 1.165) is 17.5 Å². The summed E-state index contributed by atoms with van der Waals surface area (Å²) in [6, 6.07) is 17.3. The van der Waals surface area contributed by atoms with Crippen LogP contribution in [0, 0.1) is 0 Å². The van der Waals surface area contributed by atoms with Gasteiger partial charge < -0.3 is 10.1 Å². The minimum absolute atomic E-state index is 0.282. The fourth-order valence-corrected chi connectivity index (χ4v) is 2.71. The summed E-state index contributed by atoms with van der Waals surface area (Å²) in [6.45, 7) is 3.65. The minimum Gasteiger partial charge on any atom is -0.467 e. The number of hydrogen-bond donors (Lipinski definition) is 1. The average Bonchev–Trinajstić information content (AvgIpc) is 2.62. The molecule has 4 heteroatoms. The summed E-state index contributed by atoms with van der Waals surface area (Å²) in [5.41, 5.74) is 1.63. The molecule has 0 heterocycles. The molecule has 2 rings (SSSR count). The van der Waals surface area contributed by atoms with Gasteiger partial charge in [0.1, 0.15) is 5.54 Å². The summed E-state index contributed by atoms with van der Waals surface area (Å²) in [6.07, 6.45) is 1.28. The highest BCUT2D eigenvalue weighted by atomic mass is 16.5. The van der Waals surface area contributed by atoms with Crippen molar-refractivity contribution in [3.63, 3.8) is 0 Å². The molecule has 126 valence electrons. The maximum absolute atomic E-state index is 12.5. The first-order valence-corrected chi connectivity index (χ1v) is 8.06. The Bertz CT molecular complexity index is 695. The van der Waals surface area contributed by atoms with Gasteiger partial charge >= 0.3 is 5.97 Å². The average molecular weight is 325 g/mol. The third-order valence-corrected chi connectivity index (χ3v) is 4.03. The van der Waals surface area contributed by atoms with Gasteiger partial charge in [0.25, 0.3) is 5.91 Å². The second-order valence-electron chi connectivity index (χ2n) is 5.97. The molecule has 0 aliphatic heterocycles.